The highest BCUT2D eigenvalue weighted by atomic mass is 19.1. The van der Waals surface area contributed by atoms with Gasteiger partial charge in [-0.1, -0.05) is 25.1 Å². The summed E-state index contributed by atoms with van der Waals surface area (Å²) in [4.78, 5) is 0. The Morgan fingerprint density at radius 1 is 1.50 bits per heavy atom. The first-order valence-corrected chi connectivity index (χ1v) is 5.79. The summed E-state index contributed by atoms with van der Waals surface area (Å²) < 4.78 is 13.2. The molecule has 1 N–H and O–H groups in total. The van der Waals surface area contributed by atoms with Crippen LogP contribution in [0.15, 0.2) is 30.9 Å². The molecule has 0 saturated heterocycles. The van der Waals surface area contributed by atoms with Crippen molar-refractivity contribution >= 4 is 0 Å². The van der Waals surface area contributed by atoms with Crippen molar-refractivity contribution in [3.8, 4) is 0 Å². The molecule has 1 unspecified atom stereocenters. The molecule has 1 aromatic carbocycles. The monoisotopic (exact) mass is 221 g/mol. The van der Waals surface area contributed by atoms with Gasteiger partial charge in [-0.3, -0.25) is 0 Å². The third-order valence-corrected chi connectivity index (χ3v) is 2.69. The van der Waals surface area contributed by atoms with Crippen LogP contribution in [0.1, 0.15) is 36.9 Å². The summed E-state index contributed by atoms with van der Waals surface area (Å²) in [5.74, 6) is -0.136. The molecular formula is C14H20FN. The number of hydrogen-bond acceptors (Lipinski definition) is 1. The Morgan fingerprint density at radius 3 is 2.81 bits per heavy atom. The first kappa shape index (κ1) is 12.9. The maximum atomic E-state index is 13.2. The second-order valence-electron chi connectivity index (χ2n) is 3.98. The Hall–Kier alpha value is -1.15. The lowest BCUT2D eigenvalue weighted by molar-refractivity contribution is 0.517. The molecule has 0 heterocycles. The van der Waals surface area contributed by atoms with Gasteiger partial charge in [0.15, 0.2) is 0 Å². The first-order valence-electron chi connectivity index (χ1n) is 5.79. The smallest absolute Gasteiger partial charge is 0.126 e. The Morgan fingerprint density at radius 2 is 2.25 bits per heavy atom. The molecule has 1 rings (SSSR count). The van der Waals surface area contributed by atoms with Crippen molar-refractivity contribution in [1.82, 2.24) is 5.32 Å². The highest BCUT2D eigenvalue weighted by molar-refractivity contribution is 5.26. The van der Waals surface area contributed by atoms with Crippen LogP contribution < -0.4 is 5.32 Å². The maximum absolute atomic E-state index is 13.2. The van der Waals surface area contributed by atoms with Crippen molar-refractivity contribution in [1.29, 1.82) is 0 Å². The molecule has 0 bridgehead atoms. The number of allylic oxidation sites excluding steroid dienone is 1. The molecule has 88 valence electrons. The van der Waals surface area contributed by atoms with Gasteiger partial charge < -0.3 is 5.32 Å². The van der Waals surface area contributed by atoms with Gasteiger partial charge in [0.1, 0.15) is 5.82 Å². The van der Waals surface area contributed by atoms with E-state index in [-0.39, 0.29) is 5.82 Å². The van der Waals surface area contributed by atoms with E-state index in [4.69, 9.17) is 0 Å². The van der Waals surface area contributed by atoms with Crippen LogP contribution in [0.4, 0.5) is 4.39 Å². The van der Waals surface area contributed by atoms with E-state index in [2.05, 4.69) is 18.8 Å². The third-order valence-electron chi connectivity index (χ3n) is 2.69. The zero-order chi connectivity index (χ0) is 12.0. The average molecular weight is 221 g/mol. The number of nitrogens with one attached hydrogen (secondary N) is 1. The lowest BCUT2D eigenvalue weighted by atomic mass is 10.00. The van der Waals surface area contributed by atoms with E-state index in [9.17, 15) is 4.39 Å². The van der Waals surface area contributed by atoms with Crippen molar-refractivity contribution in [2.24, 2.45) is 0 Å². The predicted octanol–water partition coefficient (Wildman–Crippen LogP) is 3.75. The van der Waals surface area contributed by atoms with Crippen LogP contribution in [0.2, 0.25) is 0 Å². The van der Waals surface area contributed by atoms with Crippen LogP contribution in [0.5, 0.6) is 0 Å². The summed E-state index contributed by atoms with van der Waals surface area (Å²) in [6, 6.07) is 5.62. The van der Waals surface area contributed by atoms with Gasteiger partial charge in [0.2, 0.25) is 0 Å². The highest BCUT2D eigenvalue weighted by Crippen LogP contribution is 2.21. The number of aryl methyl sites for hydroxylation is 1. The minimum atomic E-state index is -0.136. The van der Waals surface area contributed by atoms with E-state index in [1.165, 1.54) is 0 Å². The molecule has 1 nitrogen and oxygen atoms in total. The molecule has 0 saturated carbocycles. The Balaban J connectivity index is 2.82. The summed E-state index contributed by atoms with van der Waals surface area (Å²) >= 11 is 0. The van der Waals surface area contributed by atoms with Crippen molar-refractivity contribution < 1.29 is 4.39 Å². The molecule has 0 radical (unpaired) electrons. The van der Waals surface area contributed by atoms with Gasteiger partial charge in [0.25, 0.3) is 0 Å². The number of halogens is 1. The fraction of sp³-hybridized carbons (Fsp3) is 0.429. The molecule has 0 aliphatic carbocycles. The maximum Gasteiger partial charge on any atom is 0.126 e. The Kier molecular flexibility index (Phi) is 5.20. The predicted molar refractivity (Wildman–Crippen MR) is 67.0 cm³/mol. The van der Waals surface area contributed by atoms with E-state index in [0.717, 1.165) is 24.9 Å². The van der Waals surface area contributed by atoms with Crippen LogP contribution in [-0.2, 0) is 0 Å². The number of rotatable bonds is 6. The van der Waals surface area contributed by atoms with E-state index >= 15 is 0 Å². The second kappa shape index (κ2) is 6.44. The van der Waals surface area contributed by atoms with Gasteiger partial charge in [-0.25, -0.2) is 4.39 Å². The van der Waals surface area contributed by atoms with Gasteiger partial charge >= 0.3 is 0 Å². The molecule has 1 atom stereocenters. The lowest BCUT2D eigenvalue weighted by Gasteiger charge is -2.18. The molecule has 0 spiro atoms. The quantitative estimate of drug-likeness (QED) is 0.721. The minimum absolute atomic E-state index is 0.136. The summed E-state index contributed by atoms with van der Waals surface area (Å²) in [5.41, 5.74) is 1.86. The van der Waals surface area contributed by atoms with Gasteiger partial charge in [-0.15, -0.1) is 6.58 Å². The van der Waals surface area contributed by atoms with E-state index < -0.39 is 0 Å². The van der Waals surface area contributed by atoms with Crippen molar-refractivity contribution in [3.05, 3.63) is 47.8 Å². The van der Waals surface area contributed by atoms with Crippen molar-refractivity contribution in [3.63, 3.8) is 0 Å². The molecule has 0 aliphatic rings. The fourth-order valence-corrected chi connectivity index (χ4v) is 1.80. The molecule has 1 aromatic rings. The number of benzene rings is 1. The summed E-state index contributed by atoms with van der Waals surface area (Å²) in [5, 5.41) is 3.41. The van der Waals surface area contributed by atoms with Crippen LogP contribution in [0, 0.1) is 12.7 Å². The molecule has 0 fully saturated rings. The van der Waals surface area contributed by atoms with Gasteiger partial charge in [0, 0.05) is 6.04 Å². The van der Waals surface area contributed by atoms with Gasteiger partial charge in [-0.05, 0) is 43.5 Å². The van der Waals surface area contributed by atoms with E-state index in [1.807, 2.05) is 18.2 Å². The standard InChI is InChI=1S/C14H20FN/c1-4-6-7-14(16-5-2)12-8-9-13(15)11(3)10-12/h4,8-10,14,16H,1,5-7H2,2-3H3. The van der Waals surface area contributed by atoms with Crippen LogP contribution in [0.3, 0.4) is 0 Å². The molecular weight excluding hydrogens is 201 g/mol. The highest BCUT2D eigenvalue weighted by Gasteiger charge is 2.10. The fourth-order valence-electron chi connectivity index (χ4n) is 1.80. The molecule has 16 heavy (non-hydrogen) atoms. The van der Waals surface area contributed by atoms with Crippen LogP contribution >= 0.6 is 0 Å². The third kappa shape index (κ3) is 3.46. The molecule has 0 aliphatic heterocycles. The normalized spacial score (nSPS) is 12.4. The lowest BCUT2D eigenvalue weighted by Crippen LogP contribution is -2.20. The number of hydrogen-bond donors (Lipinski definition) is 1. The molecule has 0 aromatic heterocycles. The summed E-state index contributed by atoms with van der Waals surface area (Å²) in [7, 11) is 0. The second-order valence-corrected chi connectivity index (χ2v) is 3.98. The summed E-state index contributed by atoms with van der Waals surface area (Å²) in [6.45, 7) is 8.53. The van der Waals surface area contributed by atoms with Crippen molar-refractivity contribution in [2.75, 3.05) is 6.54 Å². The zero-order valence-corrected chi connectivity index (χ0v) is 10.1. The van der Waals surface area contributed by atoms with Crippen LogP contribution in [0.25, 0.3) is 0 Å². The zero-order valence-electron chi connectivity index (χ0n) is 10.1. The van der Waals surface area contributed by atoms with Gasteiger partial charge in [-0.2, -0.15) is 0 Å². The van der Waals surface area contributed by atoms with Gasteiger partial charge in [0.05, 0.1) is 0 Å². The van der Waals surface area contributed by atoms with E-state index in [1.54, 1.807) is 13.0 Å². The Bertz CT molecular complexity index is 347. The largest absolute Gasteiger partial charge is 0.310 e. The van der Waals surface area contributed by atoms with Crippen LogP contribution in [-0.4, -0.2) is 6.54 Å². The summed E-state index contributed by atoms with van der Waals surface area (Å²) in [6.07, 6.45) is 3.89. The SMILES string of the molecule is C=CCCC(NCC)c1ccc(F)c(C)c1. The molecule has 2 heteroatoms. The topological polar surface area (TPSA) is 12.0 Å². The molecule has 0 amide bonds. The van der Waals surface area contributed by atoms with Crippen molar-refractivity contribution in [2.45, 2.75) is 32.7 Å². The average Bonchev–Trinajstić information content (AvgIpc) is 2.28. The minimum Gasteiger partial charge on any atom is -0.310 e. The first-order chi connectivity index (χ1) is 7.69. The Labute approximate surface area is 97.4 Å². The van der Waals surface area contributed by atoms with E-state index in [0.29, 0.717) is 11.6 Å².